The lowest BCUT2D eigenvalue weighted by Crippen LogP contribution is -2.24. The van der Waals surface area contributed by atoms with Gasteiger partial charge < -0.3 is 4.74 Å². The van der Waals surface area contributed by atoms with Crippen LogP contribution in [0.5, 0.6) is 5.75 Å². The number of hydrogen-bond acceptors (Lipinski definition) is 2. The summed E-state index contributed by atoms with van der Waals surface area (Å²) in [5.74, 6) is 0.246. The highest BCUT2D eigenvalue weighted by Crippen LogP contribution is 2.35. The predicted molar refractivity (Wildman–Crippen MR) is 119 cm³/mol. The van der Waals surface area contributed by atoms with E-state index in [4.69, 9.17) is 16.3 Å². The zero-order valence-corrected chi connectivity index (χ0v) is 17.1. The molecule has 3 nitrogen and oxygen atoms in total. The molecule has 1 aliphatic heterocycles. The molecule has 1 heterocycles. The minimum Gasteiger partial charge on any atom is -0.494 e. The van der Waals surface area contributed by atoms with E-state index in [-0.39, 0.29) is 11.7 Å². The zero-order valence-electron chi connectivity index (χ0n) is 16.3. The summed E-state index contributed by atoms with van der Waals surface area (Å²) < 4.78 is 18.9. The van der Waals surface area contributed by atoms with E-state index in [0.29, 0.717) is 28.6 Å². The Bertz CT molecular complexity index is 1120. The van der Waals surface area contributed by atoms with Crippen molar-refractivity contribution in [1.82, 2.24) is 0 Å². The van der Waals surface area contributed by atoms with Crippen molar-refractivity contribution in [1.29, 1.82) is 0 Å². The third kappa shape index (κ3) is 4.14. The van der Waals surface area contributed by atoms with Crippen molar-refractivity contribution in [2.45, 2.75) is 6.92 Å². The first-order valence-corrected chi connectivity index (χ1v) is 9.95. The maximum atomic E-state index is 13.4. The van der Waals surface area contributed by atoms with Crippen molar-refractivity contribution >= 4 is 35.0 Å². The van der Waals surface area contributed by atoms with Gasteiger partial charge in [-0.15, -0.1) is 0 Å². The van der Waals surface area contributed by atoms with Crippen LogP contribution in [0, 0.1) is 5.82 Å². The quantitative estimate of drug-likeness (QED) is 0.451. The minimum atomic E-state index is -0.354. The predicted octanol–water partition coefficient (Wildman–Crippen LogP) is 6.35. The number of hydrogen-bond donors (Lipinski definition) is 0. The van der Waals surface area contributed by atoms with Crippen molar-refractivity contribution in [3.8, 4) is 5.75 Å². The third-order valence-electron chi connectivity index (χ3n) is 4.72. The lowest BCUT2D eigenvalue weighted by atomic mass is 10.1. The van der Waals surface area contributed by atoms with Crippen LogP contribution >= 0.6 is 11.6 Å². The molecule has 0 atom stereocenters. The van der Waals surface area contributed by atoms with E-state index in [1.54, 1.807) is 29.2 Å². The second-order valence-electron chi connectivity index (χ2n) is 6.76. The summed E-state index contributed by atoms with van der Waals surface area (Å²) in [6.45, 7) is 2.53. The molecule has 3 aromatic carbocycles. The van der Waals surface area contributed by atoms with Gasteiger partial charge in [-0.2, -0.15) is 0 Å². The van der Waals surface area contributed by atoms with Crippen LogP contribution in [-0.2, 0) is 4.79 Å². The van der Waals surface area contributed by atoms with Crippen LogP contribution < -0.4 is 9.64 Å². The highest BCUT2D eigenvalue weighted by Gasteiger charge is 2.30. The fraction of sp³-hybridized carbons (Fsp3) is 0.0800. The number of anilines is 1. The van der Waals surface area contributed by atoms with Crippen LogP contribution in [-0.4, -0.2) is 12.5 Å². The summed E-state index contributed by atoms with van der Waals surface area (Å²) in [6, 6.07) is 20.7. The van der Waals surface area contributed by atoms with E-state index in [2.05, 4.69) is 0 Å². The van der Waals surface area contributed by atoms with Crippen molar-refractivity contribution in [2.75, 3.05) is 11.5 Å². The topological polar surface area (TPSA) is 29.5 Å². The Hall–Kier alpha value is -3.37. The molecule has 3 aromatic rings. The van der Waals surface area contributed by atoms with Gasteiger partial charge in [0.15, 0.2) is 0 Å². The fourth-order valence-corrected chi connectivity index (χ4v) is 3.43. The number of rotatable bonds is 5. The van der Waals surface area contributed by atoms with Crippen LogP contribution in [0.1, 0.15) is 18.1 Å². The molecule has 0 fully saturated rings. The van der Waals surface area contributed by atoms with Crippen molar-refractivity contribution < 1.29 is 13.9 Å². The maximum absolute atomic E-state index is 13.4. The average molecular weight is 420 g/mol. The lowest BCUT2D eigenvalue weighted by molar-refractivity contribution is -0.113. The molecule has 0 aliphatic carbocycles. The maximum Gasteiger partial charge on any atom is 0.262 e. The molecule has 1 amide bonds. The van der Waals surface area contributed by atoms with Crippen LogP contribution in [0.2, 0.25) is 5.02 Å². The first-order valence-electron chi connectivity index (χ1n) is 9.57. The van der Waals surface area contributed by atoms with E-state index in [9.17, 15) is 9.18 Å². The Balaban J connectivity index is 1.75. The van der Waals surface area contributed by atoms with Crippen LogP contribution in [0.15, 0.2) is 84.4 Å². The molecule has 0 saturated carbocycles. The second kappa shape index (κ2) is 8.56. The van der Waals surface area contributed by atoms with Gasteiger partial charge in [-0.3, -0.25) is 9.69 Å². The van der Waals surface area contributed by atoms with Gasteiger partial charge in [-0.05, 0) is 78.7 Å². The molecule has 1 aliphatic rings. The standard InChI is InChI=1S/C25H19ClFNO2/c1-2-30-23-13-3-17(4-14-23)15-19-16-24(18-5-7-20(26)8-6-18)28(25(19)29)22-11-9-21(27)10-12-22/h3-16H,2H2,1H3/b19-15+. The van der Waals surface area contributed by atoms with Gasteiger partial charge in [0.25, 0.3) is 5.91 Å². The molecule has 0 bridgehead atoms. The monoisotopic (exact) mass is 419 g/mol. The Morgan fingerprint density at radius 3 is 2.27 bits per heavy atom. The van der Waals surface area contributed by atoms with Gasteiger partial charge >= 0.3 is 0 Å². The van der Waals surface area contributed by atoms with Crippen LogP contribution in [0.25, 0.3) is 11.8 Å². The molecule has 0 unspecified atom stereocenters. The fourth-order valence-electron chi connectivity index (χ4n) is 3.30. The summed E-state index contributed by atoms with van der Waals surface area (Å²) in [5, 5.41) is 0.613. The summed E-state index contributed by atoms with van der Waals surface area (Å²) in [4.78, 5) is 14.9. The van der Waals surface area contributed by atoms with Crippen molar-refractivity contribution in [2.24, 2.45) is 0 Å². The molecule has 150 valence electrons. The molecule has 5 heteroatoms. The minimum absolute atomic E-state index is 0.180. The smallest absolute Gasteiger partial charge is 0.262 e. The molecule has 4 rings (SSSR count). The van der Waals surface area contributed by atoms with Crippen molar-refractivity contribution in [3.63, 3.8) is 0 Å². The van der Waals surface area contributed by atoms with Gasteiger partial charge in [0.2, 0.25) is 0 Å². The Labute approximate surface area is 179 Å². The molecule has 0 N–H and O–H groups in total. The van der Waals surface area contributed by atoms with E-state index in [1.807, 2.05) is 55.5 Å². The molecule has 0 saturated heterocycles. The number of carbonyl (C=O) groups excluding carboxylic acids is 1. The summed E-state index contributed by atoms with van der Waals surface area (Å²) >= 11 is 6.03. The molecular formula is C25H19ClFNO2. The third-order valence-corrected chi connectivity index (χ3v) is 4.97. The Morgan fingerprint density at radius 2 is 1.63 bits per heavy atom. The molecule has 30 heavy (non-hydrogen) atoms. The van der Waals surface area contributed by atoms with Crippen LogP contribution in [0.3, 0.4) is 0 Å². The van der Waals surface area contributed by atoms with E-state index >= 15 is 0 Å². The van der Waals surface area contributed by atoms with Crippen molar-refractivity contribution in [3.05, 3.63) is 106 Å². The summed E-state index contributed by atoms with van der Waals surface area (Å²) in [7, 11) is 0. The summed E-state index contributed by atoms with van der Waals surface area (Å²) in [5.41, 5.74) is 3.56. The van der Waals surface area contributed by atoms with E-state index in [0.717, 1.165) is 16.9 Å². The Morgan fingerprint density at radius 1 is 0.967 bits per heavy atom. The first-order chi connectivity index (χ1) is 14.5. The second-order valence-corrected chi connectivity index (χ2v) is 7.19. The van der Waals surface area contributed by atoms with Crippen LogP contribution in [0.4, 0.5) is 10.1 Å². The number of carbonyl (C=O) groups is 1. The van der Waals surface area contributed by atoms with Gasteiger partial charge in [-0.1, -0.05) is 35.9 Å². The lowest BCUT2D eigenvalue weighted by Gasteiger charge is -2.21. The molecule has 0 radical (unpaired) electrons. The summed E-state index contributed by atoms with van der Waals surface area (Å²) in [6.07, 6.45) is 3.67. The molecule has 0 aromatic heterocycles. The van der Waals surface area contributed by atoms with Gasteiger partial charge in [0, 0.05) is 16.3 Å². The highest BCUT2D eigenvalue weighted by molar-refractivity contribution is 6.30. The largest absolute Gasteiger partial charge is 0.494 e. The highest BCUT2D eigenvalue weighted by atomic mass is 35.5. The van der Waals surface area contributed by atoms with Gasteiger partial charge in [0.05, 0.1) is 12.3 Å². The number of ether oxygens (including phenoxy) is 1. The van der Waals surface area contributed by atoms with Gasteiger partial charge in [-0.25, -0.2) is 4.39 Å². The van der Waals surface area contributed by atoms with E-state index < -0.39 is 0 Å². The normalized spacial score (nSPS) is 14.9. The number of benzene rings is 3. The Kier molecular flexibility index (Phi) is 5.68. The first kappa shape index (κ1) is 19.9. The molecule has 0 spiro atoms. The molecular weight excluding hydrogens is 401 g/mol. The number of amides is 1. The van der Waals surface area contributed by atoms with Gasteiger partial charge in [0.1, 0.15) is 11.6 Å². The number of nitrogens with zero attached hydrogens (tertiary/aromatic N) is 1. The zero-order chi connectivity index (χ0) is 21.1. The SMILES string of the molecule is CCOc1ccc(/C=C2\C=C(c3ccc(Cl)cc3)N(c3ccc(F)cc3)C2=O)cc1. The number of halogens is 2. The van der Waals surface area contributed by atoms with E-state index in [1.165, 1.54) is 12.1 Å². The average Bonchev–Trinajstić information content (AvgIpc) is 3.07.